The Morgan fingerprint density at radius 1 is 1.19 bits per heavy atom. The van der Waals surface area contributed by atoms with Crippen LogP contribution in [0.4, 0.5) is 17.1 Å². The minimum absolute atomic E-state index is 0.152. The van der Waals surface area contributed by atoms with E-state index in [1.165, 1.54) is 19.2 Å². The first-order valence-electron chi connectivity index (χ1n) is 8.02. The summed E-state index contributed by atoms with van der Waals surface area (Å²) in [5, 5.41) is 17.0. The topological polar surface area (TPSA) is 103 Å². The van der Waals surface area contributed by atoms with Gasteiger partial charge in [0.15, 0.2) is 0 Å². The molecular weight excluding hydrogens is 338 g/mol. The molecule has 0 saturated carbocycles. The van der Waals surface area contributed by atoms with Gasteiger partial charge in [-0.2, -0.15) is 0 Å². The molecule has 0 bridgehead atoms. The van der Waals surface area contributed by atoms with Crippen molar-refractivity contribution in [1.29, 1.82) is 0 Å². The van der Waals surface area contributed by atoms with Gasteiger partial charge in [0.2, 0.25) is 0 Å². The Morgan fingerprint density at radius 2 is 2.00 bits per heavy atom. The second-order valence-electron chi connectivity index (χ2n) is 5.45. The number of hydrogen-bond acceptors (Lipinski definition) is 6. The molecule has 2 rings (SSSR count). The molecule has 0 aliphatic rings. The molecule has 0 saturated heterocycles. The van der Waals surface area contributed by atoms with Crippen LogP contribution in [0.5, 0.6) is 5.75 Å². The summed E-state index contributed by atoms with van der Waals surface area (Å²) in [7, 11) is 3.13. The number of hydrogen-bond donors (Lipinski definition) is 2. The van der Waals surface area contributed by atoms with Crippen molar-refractivity contribution < 1.29 is 19.2 Å². The summed E-state index contributed by atoms with van der Waals surface area (Å²) in [6, 6.07) is 11.2. The number of nitro groups is 1. The molecule has 2 N–H and O–H groups in total. The van der Waals surface area contributed by atoms with Crippen LogP contribution < -0.4 is 15.4 Å². The van der Waals surface area contributed by atoms with Crippen LogP contribution in [0.2, 0.25) is 0 Å². The maximum atomic E-state index is 12.4. The van der Waals surface area contributed by atoms with Gasteiger partial charge in [-0.1, -0.05) is 6.07 Å². The van der Waals surface area contributed by atoms with Crippen molar-refractivity contribution in [3.63, 3.8) is 0 Å². The summed E-state index contributed by atoms with van der Waals surface area (Å²) in [6.07, 6.45) is 0.714. The van der Waals surface area contributed by atoms with E-state index in [0.717, 1.165) is 0 Å². The first kappa shape index (κ1) is 19.2. The zero-order valence-corrected chi connectivity index (χ0v) is 14.7. The maximum absolute atomic E-state index is 12.4. The molecule has 0 aliphatic heterocycles. The van der Waals surface area contributed by atoms with E-state index in [9.17, 15) is 14.9 Å². The summed E-state index contributed by atoms with van der Waals surface area (Å²) < 4.78 is 10.1. The van der Waals surface area contributed by atoms with Gasteiger partial charge in [0, 0.05) is 43.6 Å². The van der Waals surface area contributed by atoms with E-state index in [1.807, 2.05) is 0 Å². The van der Waals surface area contributed by atoms with Crippen molar-refractivity contribution in [3.05, 3.63) is 58.1 Å². The minimum Gasteiger partial charge on any atom is -0.497 e. The molecule has 138 valence electrons. The fourth-order valence-corrected chi connectivity index (χ4v) is 2.32. The monoisotopic (exact) mass is 359 g/mol. The molecule has 0 aromatic heterocycles. The Bertz CT molecular complexity index is 779. The number of methoxy groups -OCH3 is 2. The van der Waals surface area contributed by atoms with Crippen LogP contribution >= 0.6 is 0 Å². The molecule has 26 heavy (non-hydrogen) atoms. The average molecular weight is 359 g/mol. The van der Waals surface area contributed by atoms with Crippen LogP contribution in [-0.4, -0.2) is 38.2 Å². The molecule has 2 aromatic rings. The Hall–Kier alpha value is -3.13. The van der Waals surface area contributed by atoms with E-state index in [1.54, 1.807) is 37.4 Å². The Labute approximate surface area is 151 Å². The lowest BCUT2D eigenvalue weighted by Crippen LogP contribution is -2.13. The Morgan fingerprint density at radius 3 is 2.69 bits per heavy atom. The summed E-state index contributed by atoms with van der Waals surface area (Å²) in [4.78, 5) is 23.2. The number of anilines is 2. The van der Waals surface area contributed by atoms with Crippen molar-refractivity contribution in [2.24, 2.45) is 0 Å². The molecule has 0 radical (unpaired) electrons. The highest BCUT2D eigenvalue weighted by Crippen LogP contribution is 2.26. The van der Waals surface area contributed by atoms with Crippen molar-refractivity contribution in [1.82, 2.24) is 0 Å². The average Bonchev–Trinajstić information content (AvgIpc) is 2.65. The van der Waals surface area contributed by atoms with Crippen LogP contribution in [0.25, 0.3) is 0 Å². The number of nitrogens with one attached hydrogen (secondary N) is 2. The normalized spacial score (nSPS) is 10.2. The third-order valence-corrected chi connectivity index (χ3v) is 3.62. The largest absolute Gasteiger partial charge is 0.497 e. The zero-order valence-electron chi connectivity index (χ0n) is 14.7. The zero-order chi connectivity index (χ0) is 18.9. The van der Waals surface area contributed by atoms with E-state index in [-0.39, 0.29) is 11.3 Å². The van der Waals surface area contributed by atoms with Crippen LogP contribution in [0.1, 0.15) is 16.8 Å². The third kappa shape index (κ3) is 5.18. The molecule has 2 aromatic carbocycles. The predicted octanol–water partition coefficient (Wildman–Crippen LogP) is 3.30. The highest BCUT2D eigenvalue weighted by atomic mass is 16.6. The lowest BCUT2D eigenvalue weighted by Gasteiger charge is -2.10. The van der Waals surface area contributed by atoms with Crippen molar-refractivity contribution in [2.45, 2.75) is 6.42 Å². The SMILES string of the molecule is COCCCNc1ccc(C(=O)Nc2cccc(OC)c2)cc1[N+](=O)[O-]. The number of benzene rings is 2. The van der Waals surface area contributed by atoms with Gasteiger partial charge >= 0.3 is 0 Å². The predicted molar refractivity (Wildman–Crippen MR) is 99.0 cm³/mol. The standard InChI is InChI=1S/C18H21N3O5/c1-25-10-4-9-19-16-8-7-13(11-17(16)21(23)24)18(22)20-14-5-3-6-15(12-14)26-2/h3,5-8,11-12,19H,4,9-10H2,1-2H3,(H,20,22). The molecule has 1 amide bonds. The Balaban J connectivity index is 2.14. The molecule has 0 fully saturated rings. The highest BCUT2D eigenvalue weighted by Gasteiger charge is 2.17. The van der Waals surface area contributed by atoms with Gasteiger partial charge in [-0.3, -0.25) is 14.9 Å². The van der Waals surface area contributed by atoms with Gasteiger partial charge in [-0.05, 0) is 30.7 Å². The van der Waals surface area contributed by atoms with Gasteiger partial charge in [-0.25, -0.2) is 0 Å². The molecule has 0 heterocycles. The molecule has 8 nitrogen and oxygen atoms in total. The van der Waals surface area contributed by atoms with Crippen molar-refractivity contribution in [2.75, 3.05) is 38.0 Å². The van der Waals surface area contributed by atoms with Crippen molar-refractivity contribution in [3.8, 4) is 5.75 Å². The molecule has 0 spiro atoms. The minimum atomic E-state index is -0.513. The maximum Gasteiger partial charge on any atom is 0.293 e. The quantitative estimate of drug-likeness (QED) is 0.404. The van der Waals surface area contributed by atoms with Gasteiger partial charge in [0.1, 0.15) is 11.4 Å². The van der Waals surface area contributed by atoms with Gasteiger partial charge in [0.05, 0.1) is 12.0 Å². The van der Waals surface area contributed by atoms with Gasteiger partial charge in [-0.15, -0.1) is 0 Å². The van der Waals surface area contributed by atoms with E-state index < -0.39 is 10.8 Å². The number of nitrogens with zero attached hydrogens (tertiary/aromatic N) is 1. The summed E-state index contributed by atoms with van der Waals surface area (Å²) in [5.74, 6) is 0.164. The van der Waals surface area contributed by atoms with Crippen LogP contribution in [0.3, 0.4) is 0 Å². The van der Waals surface area contributed by atoms with Crippen LogP contribution in [0.15, 0.2) is 42.5 Å². The molecule has 0 atom stereocenters. The van der Waals surface area contributed by atoms with E-state index >= 15 is 0 Å². The second kappa shape index (κ2) is 9.38. The first-order valence-corrected chi connectivity index (χ1v) is 8.02. The second-order valence-corrected chi connectivity index (χ2v) is 5.45. The third-order valence-electron chi connectivity index (χ3n) is 3.62. The smallest absolute Gasteiger partial charge is 0.293 e. The fraction of sp³-hybridized carbons (Fsp3) is 0.278. The summed E-state index contributed by atoms with van der Waals surface area (Å²) in [6.45, 7) is 1.09. The van der Waals surface area contributed by atoms with E-state index in [4.69, 9.17) is 9.47 Å². The highest BCUT2D eigenvalue weighted by molar-refractivity contribution is 6.05. The van der Waals surface area contributed by atoms with E-state index in [2.05, 4.69) is 10.6 Å². The summed E-state index contributed by atoms with van der Waals surface area (Å²) >= 11 is 0. The van der Waals surface area contributed by atoms with Crippen molar-refractivity contribution >= 4 is 23.0 Å². The first-order chi connectivity index (χ1) is 12.5. The van der Waals surface area contributed by atoms with Gasteiger partial charge in [0.25, 0.3) is 11.6 Å². The molecule has 0 aliphatic carbocycles. The molecule has 8 heteroatoms. The molecule has 0 unspecified atom stereocenters. The summed E-state index contributed by atoms with van der Waals surface area (Å²) in [5.41, 5.74) is 0.950. The van der Waals surface area contributed by atoms with Crippen LogP contribution in [0, 0.1) is 10.1 Å². The lowest BCUT2D eigenvalue weighted by molar-refractivity contribution is -0.384. The number of carbonyl (C=O) groups is 1. The van der Waals surface area contributed by atoms with E-state index in [0.29, 0.717) is 36.7 Å². The Kier molecular flexibility index (Phi) is 6.92. The number of nitro benzene ring substituents is 1. The number of amides is 1. The number of ether oxygens (including phenoxy) is 2. The molecular formula is C18H21N3O5. The van der Waals surface area contributed by atoms with Crippen LogP contribution in [-0.2, 0) is 4.74 Å². The number of rotatable bonds is 9. The number of carbonyl (C=O) groups excluding carboxylic acids is 1. The van der Waals surface area contributed by atoms with Gasteiger partial charge < -0.3 is 20.1 Å². The lowest BCUT2D eigenvalue weighted by atomic mass is 10.1. The fourth-order valence-electron chi connectivity index (χ4n) is 2.32.